The van der Waals surface area contributed by atoms with Crippen LogP contribution in [0.15, 0.2) is 30.3 Å². The van der Waals surface area contributed by atoms with Gasteiger partial charge in [-0.2, -0.15) is 0 Å². The standard InChI is InChI=1S/C7H8.H6OSi2/c1-7-5-3-2-4-6-7;2-1-3/h2-6H,1H3;2-3H3. The van der Waals surface area contributed by atoms with E-state index >= 15 is 0 Å². The van der Waals surface area contributed by atoms with Gasteiger partial charge in [0, 0.05) is 0 Å². The van der Waals surface area contributed by atoms with E-state index in [9.17, 15) is 0 Å². The highest BCUT2D eigenvalue weighted by molar-refractivity contribution is 6.15. The van der Waals surface area contributed by atoms with E-state index in [0.29, 0.717) is 0 Å². The van der Waals surface area contributed by atoms with Crippen molar-refractivity contribution in [2.75, 3.05) is 0 Å². The minimum atomic E-state index is 0.931. The highest BCUT2D eigenvalue weighted by Gasteiger charge is 1.72. The van der Waals surface area contributed by atoms with Crippen LogP contribution in [0.1, 0.15) is 5.56 Å². The molecule has 0 aliphatic heterocycles. The minimum absolute atomic E-state index is 0.931. The average molecular weight is 170 g/mol. The average Bonchev–Trinajstić information content (AvgIpc) is 1.91. The second kappa shape index (κ2) is 6.73. The predicted molar refractivity (Wildman–Crippen MR) is 52.1 cm³/mol. The molecule has 0 N–H and O–H groups in total. The summed E-state index contributed by atoms with van der Waals surface area (Å²) in [7, 11) is 1.86. The van der Waals surface area contributed by atoms with Crippen LogP contribution < -0.4 is 0 Å². The van der Waals surface area contributed by atoms with Gasteiger partial charge in [-0.1, -0.05) is 35.9 Å². The molecule has 0 atom stereocenters. The summed E-state index contributed by atoms with van der Waals surface area (Å²) in [6.45, 7) is 2.08. The maximum atomic E-state index is 4.53. The van der Waals surface area contributed by atoms with Gasteiger partial charge in [0.2, 0.25) is 0 Å². The molecule has 56 valence electrons. The lowest BCUT2D eigenvalue weighted by Crippen LogP contribution is -1.65. The van der Waals surface area contributed by atoms with Crippen molar-refractivity contribution < 1.29 is 4.12 Å². The fourth-order valence-corrected chi connectivity index (χ4v) is 0.534. The van der Waals surface area contributed by atoms with Gasteiger partial charge >= 0.3 is 0 Å². The van der Waals surface area contributed by atoms with Gasteiger partial charge in [-0.25, -0.2) is 0 Å². The van der Waals surface area contributed by atoms with Gasteiger partial charge in [-0.05, 0) is 6.92 Å². The zero-order valence-corrected chi connectivity index (χ0v) is 10.8. The van der Waals surface area contributed by atoms with Crippen LogP contribution in [-0.2, 0) is 4.12 Å². The lowest BCUT2D eigenvalue weighted by Gasteiger charge is -1.82. The molecule has 0 bridgehead atoms. The van der Waals surface area contributed by atoms with Crippen molar-refractivity contribution in [1.82, 2.24) is 0 Å². The molecular weight excluding hydrogens is 156 g/mol. The summed E-state index contributed by atoms with van der Waals surface area (Å²) in [6.07, 6.45) is 0. The minimum Gasteiger partial charge on any atom is -0.471 e. The second-order valence-corrected chi connectivity index (χ2v) is 5.33. The summed E-state index contributed by atoms with van der Waals surface area (Å²) < 4.78 is 4.53. The first kappa shape index (κ1) is 9.61. The Morgan fingerprint density at radius 1 is 1.10 bits per heavy atom. The largest absolute Gasteiger partial charge is 0.471 e. The van der Waals surface area contributed by atoms with Gasteiger partial charge < -0.3 is 4.12 Å². The third-order valence-electron chi connectivity index (χ3n) is 0.940. The number of benzene rings is 1. The van der Waals surface area contributed by atoms with Crippen LogP contribution in [0.5, 0.6) is 0 Å². The maximum absolute atomic E-state index is 4.53. The number of rotatable bonds is 0. The van der Waals surface area contributed by atoms with Gasteiger partial charge in [0.05, 0.1) is 0 Å². The molecule has 0 unspecified atom stereocenters. The van der Waals surface area contributed by atoms with Crippen molar-refractivity contribution in [3.8, 4) is 0 Å². The van der Waals surface area contributed by atoms with Crippen LogP contribution in [0.2, 0.25) is 0 Å². The first-order chi connectivity index (χ1) is 4.81. The third kappa shape index (κ3) is 5.75. The van der Waals surface area contributed by atoms with E-state index in [1.54, 1.807) is 0 Å². The van der Waals surface area contributed by atoms with Gasteiger partial charge in [-0.3, -0.25) is 0 Å². The van der Waals surface area contributed by atoms with Gasteiger partial charge in [0.25, 0.3) is 0 Å². The molecule has 0 aliphatic rings. The maximum Gasteiger partial charge on any atom is 0.129 e. The van der Waals surface area contributed by atoms with Gasteiger partial charge in [0.15, 0.2) is 0 Å². The van der Waals surface area contributed by atoms with Crippen molar-refractivity contribution in [1.29, 1.82) is 0 Å². The van der Waals surface area contributed by atoms with E-state index in [2.05, 4.69) is 23.2 Å². The molecule has 1 aromatic carbocycles. The van der Waals surface area contributed by atoms with Crippen molar-refractivity contribution in [2.45, 2.75) is 6.92 Å². The molecule has 0 saturated heterocycles. The molecule has 0 saturated carbocycles. The molecular formula is C7H14OSi2. The lowest BCUT2D eigenvalue weighted by molar-refractivity contribution is 0.690. The monoisotopic (exact) mass is 170 g/mol. The molecule has 0 aromatic heterocycles. The van der Waals surface area contributed by atoms with Crippen molar-refractivity contribution in [3.05, 3.63) is 35.9 Å². The fraction of sp³-hybridized carbons (Fsp3) is 0.143. The van der Waals surface area contributed by atoms with E-state index in [4.69, 9.17) is 0 Å². The zero-order chi connectivity index (χ0) is 7.82. The molecule has 10 heavy (non-hydrogen) atoms. The first-order valence-corrected chi connectivity index (χ1v) is 4.86. The van der Waals surface area contributed by atoms with E-state index < -0.39 is 0 Å². The lowest BCUT2D eigenvalue weighted by atomic mass is 10.2. The Morgan fingerprint density at radius 3 is 1.70 bits per heavy atom. The molecule has 0 heterocycles. The van der Waals surface area contributed by atoms with Crippen molar-refractivity contribution in [3.63, 3.8) is 0 Å². The number of aryl methyl sites for hydroxylation is 1. The molecule has 1 rings (SSSR count). The Balaban J connectivity index is 0.000000236. The van der Waals surface area contributed by atoms with Crippen LogP contribution in [-0.4, -0.2) is 21.0 Å². The van der Waals surface area contributed by atoms with Gasteiger partial charge in [0.1, 0.15) is 21.0 Å². The Bertz CT molecular complexity index is 153. The van der Waals surface area contributed by atoms with Gasteiger partial charge in [-0.15, -0.1) is 0 Å². The molecule has 0 aliphatic carbocycles. The summed E-state index contributed by atoms with van der Waals surface area (Å²) in [5.74, 6) is 0. The fourth-order valence-electron chi connectivity index (χ4n) is 0.534. The van der Waals surface area contributed by atoms with E-state index in [1.807, 2.05) is 18.2 Å². The Kier molecular flexibility index (Phi) is 6.47. The van der Waals surface area contributed by atoms with Crippen molar-refractivity contribution in [2.24, 2.45) is 0 Å². The highest BCUT2D eigenvalue weighted by Crippen LogP contribution is 1.92. The van der Waals surface area contributed by atoms with Crippen molar-refractivity contribution >= 4 is 21.0 Å². The second-order valence-electron chi connectivity index (χ2n) is 2.06. The summed E-state index contributed by atoms with van der Waals surface area (Å²) in [5, 5.41) is 0. The van der Waals surface area contributed by atoms with Crippen LogP contribution >= 0.6 is 0 Å². The SMILES string of the molecule is Cc1ccccc1.[SiH3]O[SiH3]. The Labute approximate surface area is 68.5 Å². The topological polar surface area (TPSA) is 9.23 Å². The third-order valence-corrected chi connectivity index (χ3v) is 0.940. The number of hydrogen-bond acceptors (Lipinski definition) is 1. The molecule has 0 spiro atoms. The normalized spacial score (nSPS) is 8.50. The van der Waals surface area contributed by atoms with E-state index in [1.165, 1.54) is 5.56 Å². The molecule has 0 amide bonds. The van der Waals surface area contributed by atoms with Crippen LogP contribution in [0.25, 0.3) is 0 Å². The van der Waals surface area contributed by atoms with Crippen LogP contribution in [0, 0.1) is 6.92 Å². The molecule has 0 fully saturated rings. The van der Waals surface area contributed by atoms with Crippen LogP contribution in [0.4, 0.5) is 0 Å². The van der Waals surface area contributed by atoms with E-state index in [0.717, 1.165) is 21.0 Å². The van der Waals surface area contributed by atoms with Crippen LogP contribution in [0.3, 0.4) is 0 Å². The Hall–Kier alpha value is -0.386. The molecule has 1 nitrogen and oxygen atoms in total. The number of hydrogen-bond donors (Lipinski definition) is 0. The smallest absolute Gasteiger partial charge is 0.129 e. The summed E-state index contributed by atoms with van der Waals surface area (Å²) in [4.78, 5) is 0. The molecule has 1 aromatic rings. The zero-order valence-electron chi connectivity index (χ0n) is 6.79. The summed E-state index contributed by atoms with van der Waals surface area (Å²) in [6, 6.07) is 10.3. The van der Waals surface area contributed by atoms with E-state index in [-0.39, 0.29) is 0 Å². The summed E-state index contributed by atoms with van der Waals surface area (Å²) in [5.41, 5.74) is 1.32. The molecule has 3 heteroatoms. The molecule has 0 radical (unpaired) electrons. The summed E-state index contributed by atoms with van der Waals surface area (Å²) >= 11 is 0. The highest BCUT2D eigenvalue weighted by atomic mass is 28.3. The Morgan fingerprint density at radius 2 is 1.50 bits per heavy atom. The quantitative estimate of drug-likeness (QED) is 0.480. The first-order valence-electron chi connectivity index (χ1n) is 3.23. The predicted octanol–water partition coefficient (Wildman–Crippen LogP) is -0.441.